The summed E-state index contributed by atoms with van der Waals surface area (Å²) in [7, 11) is 0. The topological polar surface area (TPSA) is 109 Å². The number of carboxylic acids is 1. The van der Waals surface area contributed by atoms with E-state index in [2.05, 4.69) is 9.59 Å². The highest BCUT2D eigenvalue weighted by molar-refractivity contribution is 8.00. The lowest BCUT2D eigenvalue weighted by Crippen LogP contribution is -2.68. The van der Waals surface area contributed by atoms with Gasteiger partial charge in [0.15, 0.2) is 0 Å². The molecule has 3 rings (SSSR count). The molecular weight excluding hydrogens is 312 g/mol. The number of β-lactam (4-membered cyclic amide) rings is 1. The summed E-state index contributed by atoms with van der Waals surface area (Å²) in [5.74, 6) is -0.966. The van der Waals surface area contributed by atoms with Gasteiger partial charge in [-0.2, -0.15) is 0 Å². The second kappa shape index (κ2) is 5.24. The predicted octanol–water partition coefficient (Wildman–Crippen LogP) is 0.441. The van der Waals surface area contributed by atoms with Crippen molar-refractivity contribution in [1.82, 2.24) is 14.5 Å². The van der Waals surface area contributed by atoms with E-state index in [-0.39, 0.29) is 17.0 Å². The Hall–Kier alpha value is -1.71. The number of carbonyl (C=O) groups excluding carboxylic acids is 1. The van der Waals surface area contributed by atoms with E-state index in [4.69, 9.17) is 5.73 Å². The summed E-state index contributed by atoms with van der Waals surface area (Å²) >= 11 is 2.75. The first-order valence-electron chi connectivity index (χ1n) is 6.14. The van der Waals surface area contributed by atoms with Gasteiger partial charge in [0.2, 0.25) is 5.91 Å². The minimum atomic E-state index is -1.12. The van der Waals surface area contributed by atoms with E-state index in [1.807, 2.05) is 6.92 Å². The number of aliphatic carboxylic acids is 1. The molecule has 0 spiro atoms. The van der Waals surface area contributed by atoms with Gasteiger partial charge in [0, 0.05) is 10.6 Å². The summed E-state index contributed by atoms with van der Waals surface area (Å²) in [6.07, 6.45) is 3.41. The van der Waals surface area contributed by atoms with Gasteiger partial charge in [0.05, 0.1) is 0 Å². The van der Waals surface area contributed by atoms with Crippen molar-refractivity contribution in [2.45, 2.75) is 18.3 Å². The van der Waals surface area contributed by atoms with Crippen molar-refractivity contribution < 1.29 is 14.7 Å². The van der Waals surface area contributed by atoms with Crippen LogP contribution in [0.25, 0.3) is 6.08 Å². The van der Waals surface area contributed by atoms with Gasteiger partial charge >= 0.3 is 5.97 Å². The predicted molar refractivity (Wildman–Crippen MR) is 79.4 cm³/mol. The van der Waals surface area contributed by atoms with Crippen molar-refractivity contribution in [3.63, 3.8) is 0 Å². The number of carboxylic acid groups (broad SMARTS) is 1. The third kappa shape index (κ3) is 2.27. The van der Waals surface area contributed by atoms with Crippen LogP contribution in [0.5, 0.6) is 0 Å². The number of nitrogens with zero attached hydrogens (tertiary/aromatic N) is 3. The van der Waals surface area contributed by atoms with Gasteiger partial charge in [-0.3, -0.25) is 9.69 Å². The molecule has 0 saturated carbocycles. The molecule has 1 aromatic heterocycles. The maximum atomic E-state index is 11.8. The number of hydrogen-bond acceptors (Lipinski definition) is 7. The average molecular weight is 324 g/mol. The number of aromatic nitrogens is 2. The molecule has 110 valence electrons. The Balaban J connectivity index is 1.95. The molecule has 0 aliphatic carbocycles. The maximum absolute atomic E-state index is 11.8. The van der Waals surface area contributed by atoms with Gasteiger partial charge in [-0.1, -0.05) is 10.6 Å². The van der Waals surface area contributed by atoms with Crippen LogP contribution in [-0.2, 0) is 9.59 Å². The first-order chi connectivity index (χ1) is 10.0. The first kappa shape index (κ1) is 14.2. The molecule has 2 aliphatic rings. The molecule has 0 radical (unpaired) electrons. The summed E-state index contributed by atoms with van der Waals surface area (Å²) < 4.78 is 3.82. The number of hydrogen-bond donors (Lipinski definition) is 2. The van der Waals surface area contributed by atoms with E-state index in [1.54, 1.807) is 12.2 Å². The van der Waals surface area contributed by atoms with Crippen LogP contribution in [0.2, 0.25) is 0 Å². The fraction of sp³-hybridized carbons (Fsp3) is 0.333. The Kier molecular flexibility index (Phi) is 3.56. The van der Waals surface area contributed by atoms with Crippen molar-refractivity contribution in [2.24, 2.45) is 5.73 Å². The van der Waals surface area contributed by atoms with Crippen LogP contribution < -0.4 is 5.73 Å². The van der Waals surface area contributed by atoms with E-state index >= 15 is 0 Å². The van der Waals surface area contributed by atoms with Gasteiger partial charge in [0.25, 0.3) is 0 Å². The highest BCUT2D eigenvalue weighted by Gasteiger charge is 2.51. The molecule has 1 saturated heterocycles. The van der Waals surface area contributed by atoms with Crippen LogP contribution in [0.3, 0.4) is 0 Å². The zero-order valence-electron chi connectivity index (χ0n) is 11.0. The van der Waals surface area contributed by atoms with E-state index < -0.39 is 12.0 Å². The Morgan fingerprint density at radius 1 is 1.52 bits per heavy atom. The highest BCUT2D eigenvalue weighted by atomic mass is 32.2. The van der Waals surface area contributed by atoms with Gasteiger partial charge in [-0.05, 0) is 30.1 Å². The molecule has 1 unspecified atom stereocenters. The number of aryl methyl sites for hydroxylation is 1. The minimum absolute atomic E-state index is 0.0162. The summed E-state index contributed by atoms with van der Waals surface area (Å²) in [5.41, 5.74) is 6.99. The number of thioether (sulfide) groups is 1. The Labute approximate surface area is 128 Å². The molecule has 0 aromatic carbocycles. The zero-order valence-corrected chi connectivity index (χ0v) is 12.6. The van der Waals surface area contributed by atoms with E-state index in [0.29, 0.717) is 17.0 Å². The highest BCUT2D eigenvalue weighted by Crippen LogP contribution is 2.39. The molecule has 7 nitrogen and oxygen atoms in total. The molecule has 1 fully saturated rings. The molecule has 0 bridgehead atoms. The molecule has 9 heteroatoms. The molecule has 3 heterocycles. The fourth-order valence-corrected chi connectivity index (χ4v) is 3.96. The number of allylic oxidation sites excluding steroid dienone is 1. The Morgan fingerprint density at radius 3 is 2.90 bits per heavy atom. The second-order valence-electron chi connectivity index (χ2n) is 4.66. The maximum Gasteiger partial charge on any atom is 0.352 e. The van der Waals surface area contributed by atoms with Crippen LogP contribution in [0.4, 0.5) is 0 Å². The normalized spacial score (nSPS) is 25.2. The molecule has 2 atom stereocenters. The second-order valence-corrected chi connectivity index (χ2v) is 6.73. The summed E-state index contributed by atoms with van der Waals surface area (Å²) in [5, 5.41) is 13.1. The number of rotatable bonds is 3. The Morgan fingerprint density at radius 2 is 2.29 bits per heavy atom. The van der Waals surface area contributed by atoms with Crippen LogP contribution in [0.15, 0.2) is 17.3 Å². The number of carbonyl (C=O) groups is 2. The quantitative estimate of drug-likeness (QED) is 0.776. The van der Waals surface area contributed by atoms with Crippen LogP contribution in [0, 0.1) is 6.92 Å². The molecule has 3 N–H and O–H groups in total. The smallest absolute Gasteiger partial charge is 0.352 e. The zero-order chi connectivity index (χ0) is 15.1. The van der Waals surface area contributed by atoms with Crippen LogP contribution in [-0.4, -0.2) is 48.6 Å². The van der Waals surface area contributed by atoms with Gasteiger partial charge < -0.3 is 10.8 Å². The SMILES string of the molecule is Cc1snnc1/C=C\C1=C(C(=O)O)N2C(=O)C(N)[C@@H]2SC1. The molecule has 21 heavy (non-hydrogen) atoms. The summed E-state index contributed by atoms with van der Waals surface area (Å²) in [6.45, 7) is 1.89. The largest absolute Gasteiger partial charge is 0.477 e. The van der Waals surface area contributed by atoms with E-state index in [1.165, 1.54) is 28.2 Å². The van der Waals surface area contributed by atoms with Crippen LogP contribution in [0.1, 0.15) is 10.6 Å². The average Bonchev–Trinajstić information content (AvgIpc) is 2.88. The third-order valence-corrected chi connectivity index (χ3v) is 5.34. The third-order valence-electron chi connectivity index (χ3n) is 3.37. The van der Waals surface area contributed by atoms with Crippen molar-refractivity contribution in [3.05, 3.63) is 27.9 Å². The monoisotopic (exact) mass is 324 g/mol. The molecular formula is C12H12N4O3S2. The van der Waals surface area contributed by atoms with E-state index in [0.717, 1.165) is 4.88 Å². The number of fused-ring (bicyclic) bond motifs is 1. The summed E-state index contributed by atoms with van der Waals surface area (Å²) in [4.78, 5) is 25.5. The molecule has 1 aromatic rings. The van der Waals surface area contributed by atoms with Crippen molar-refractivity contribution in [2.75, 3.05) is 5.75 Å². The van der Waals surface area contributed by atoms with Gasteiger partial charge in [0.1, 0.15) is 22.8 Å². The number of nitrogens with two attached hydrogens (primary N) is 1. The fourth-order valence-electron chi connectivity index (χ4n) is 2.24. The molecule has 2 aliphatic heterocycles. The standard InChI is InChI=1S/C12H12N4O3S2/c1-5-7(14-15-21-5)3-2-6-4-20-11-8(13)10(17)16(11)9(6)12(18)19/h2-3,8,11H,4,13H2,1H3,(H,18,19)/b3-2-/t8?,11-/m0/s1. The lowest BCUT2D eigenvalue weighted by Gasteiger charge is -2.47. The van der Waals surface area contributed by atoms with Gasteiger partial charge in [-0.15, -0.1) is 16.9 Å². The lowest BCUT2D eigenvalue weighted by molar-refractivity contribution is -0.147. The minimum Gasteiger partial charge on any atom is -0.477 e. The lowest BCUT2D eigenvalue weighted by atomic mass is 10.0. The van der Waals surface area contributed by atoms with Crippen molar-refractivity contribution in [1.29, 1.82) is 0 Å². The van der Waals surface area contributed by atoms with Gasteiger partial charge in [-0.25, -0.2) is 4.79 Å². The summed E-state index contributed by atoms with van der Waals surface area (Å²) in [6, 6.07) is -0.611. The number of amides is 1. The van der Waals surface area contributed by atoms with Crippen LogP contribution >= 0.6 is 23.3 Å². The van der Waals surface area contributed by atoms with E-state index in [9.17, 15) is 14.7 Å². The van der Waals surface area contributed by atoms with Crippen molar-refractivity contribution >= 4 is 41.2 Å². The molecule has 1 amide bonds. The van der Waals surface area contributed by atoms with Crippen molar-refractivity contribution in [3.8, 4) is 0 Å². The first-order valence-corrected chi connectivity index (χ1v) is 7.96. The Bertz CT molecular complexity index is 682.